The molecule has 1 aliphatic carbocycles. The zero-order valence-corrected chi connectivity index (χ0v) is 14.6. The minimum absolute atomic E-state index is 0.0404. The maximum atomic E-state index is 14.5. The van der Waals surface area contributed by atoms with Gasteiger partial charge in [-0.05, 0) is 26.2 Å². The second kappa shape index (κ2) is 8.28. The van der Waals surface area contributed by atoms with Gasteiger partial charge in [-0.2, -0.15) is 4.39 Å². The lowest BCUT2D eigenvalue weighted by atomic mass is 9.94. The molecule has 0 saturated heterocycles. The predicted octanol–water partition coefficient (Wildman–Crippen LogP) is 3.31. The molecule has 0 aliphatic heterocycles. The number of Topliss-reactive ketones (excluding diaryl/α,β-unsaturated/α-hetero) is 1. The zero-order chi connectivity index (χ0) is 20.3. The van der Waals surface area contributed by atoms with Gasteiger partial charge in [0.25, 0.3) is 0 Å². The molecule has 10 heteroatoms. The van der Waals surface area contributed by atoms with Gasteiger partial charge in [0.05, 0.1) is 11.5 Å². The molecule has 1 aliphatic rings. The molecule has 1 saturated carbocycles. The number of ketones is 1. The fraction of sp³-hybridized carbons (Fsp3) is 0.471. The number of halogens is 3. The number of carbonyl (C=O) groups is 2. The highest BCUT2D eigenvalue weighted by Crippen LogP contribution is 2.33. The van der Waals surface area contributed by atoms with Gasteiger partial charge in [-0.25, -0.2) is 8.78 Å². The van der Waals surface area contributed by atoms with Crippen molar-refractivity contribution >= 4 is 23.7 Å². The van der Waals surface area contributed by atoms with Crippen molar-refractivity contribution in [2.24, 2.45) is 10.9 Å². The van der Waals surface area contributed by atoms with Crippen LogP contribution < -0.4 is 0 Å². The molecule has 0 N–H and O–H groups in total. The molecule has 0 spiro atoms. The van der Waals surface area contributed by atoms with Crippen LogP contribution in [0.1, 0.15) is 42.1 Å². The molecule has 0 amide bonds. The summed E-state index contributed by atoms with van der Waals surface area (Å²) in [5.74, 6) is -9.64. The number of benzene rings is 1. The minimum Gasteiger partial charge on any atom is -0.465 e. The highest BCUT2D eigenvalue weighted by Gasteiger charge is 2.40. The molecular weight excluding hydrogens is 369 g/mol. The first-order chi connectivity index (χ1) is 12.7. The third-order valence-corrected chi connectivity index (χ3v) is 3.92. The normalized spacial score (nSPS) is 15.0. The summed E-state index contributed by atoms with van der Waals surface area (Å²) in [6.07, 6.45) is 2.84. The quantitative estimate of drug-likeness (QED) is 0.130. The molecule has 0 bridgehead atoms. The predicted molar refractivity (Wildman–Crippen MR) is 88.3 cm³/mol. The SMILES string of the molecule is CCCOC(=O)C(C=NC1CC1)C(=O)c1c(F)c(C)c(F)c(F)c1[N+](=O)[O-]. The van der Waals surface area contributed by atoms with E-state index in [-0.39, 0.29) is 12.6 Å². The Labute approximate surface area is 152 Å². The molecule has 1 aromatic carbocycles. The Morgan fingerprint density at radius 1 is 1.30 bits per heavy atom. The molecule has 1 fully saturated rings. The van der Waals surface area contributed by atoms with Crippen molar-refractivity contribution in [1.29, 1.82) is 0 Å². The lowest BCUT2D eigenvalue weighted by Gasteiger charge is -2.13. The van der Waals surface area contributed by atoms with Gasteiger partial charge in [0, 0.05) is 17.8 Å². The first-order valence-electron chi connectivity index (χ1n) is 8.26. The van der Waals surface area contributed by atoms with Gasteiger partial charge in [-0.1, -0.05) is 6.92 Å². The average molecular weight is 386 g/mol. The monoisotopic (exact) mass is 386 g/mol. The van der Waals surface area contributed by atoms with Crippen molar-refractivity contribution in [2.75, 3.05) is 6.61 Å². The second-order valence-electron chi connectivity index (χ2n) is 6.09. The fourth-order valence-corrected chi connectivity index (χ4v) is 2.28. The molecule has 2 rings (SSSR count). The van der Waals surface area contributed by atoms with Crippen molar-refractivity contribution in [3.8, 4) is 0 Å². The van der Waals surface area contributed by atoms with E-state index in [1.54, 1.807) is 6.92 Å². The maximum Gasteiger partial charge on any atom is 0.322 e. The topological polar surface area (TPSA) is 98.9 Å². The van der Waals surface area contributed by atoms with Crippen LogP contribution in [0.4, 0.5) is 18.9 Å². The molecule has 0 radical (unpaired) electrons. The number of rotatable bonds is 8. The Kier molecular flexibility index (Phi) is 6.29. The number of aliphatic imine (C=N–C) groups is 1. The van der Waals surface area contributed by atoms with Crippen LogP contribution in [0, 0.1) is 40.4 Å². The first kappa shape index (κ1) is 20.5. The van der Waals surface area contributed by atoms with Gasteiger partial charge in [0.2, 0.25) is 5.82 Å². The fourth-order valence-electron chi connectivity index (χ4n) is 2.28. The lowest BCUT2D eigenvalue weighted by molar-refractivity contribution is -0.388. The number of ether oxygens (including phenoxy) is 1. The number of hydrogen-bond acceptors (Lipinski definition) is 6. The zero-order valence-electron chi connectivity index (χ0n) is 14.6. The number of esters is 1. The second-order valence-corrected chi connectivity index (χ2v) is 6.09. The summed E-state index contributed by atoms with van der Waals surface area (Å²) in [6.45, 7) is 2.49. The Balaban J connectivity index is 2.56. The van der Waals surface area contributed by atoms with E-state index >= 15 is 0 Å². The average Bonchev–Trinajstić information content (AvgIpc) is 3.44. The highest BCUT2D eigenvalue weighted by atomic mass is 19.2. The third kappa shape index (κ3) is 4.32. The van der Waals surface area contributed by atoms with Crippen LogP contribution in [0.2, 0.25) is 0 Å². The van der Waals surface area contributed by atoms with Crippen molar-refractivity contribution in [3.05, 3.63) is 38.7 Å². The number of nitro groups is 1. The van der Waals surface area contributed by atoms with Crippen LogP contribution in [-0.2, 0) is 9.53 Å². The number of nitrogens with zero attached hydrogens (tertiary/aromatic N) is 2. The molecule has 146 valence electrons. The summed E-state index contributed by atoms with van der Waals surface area (Å²) in [4.78, 5) is 38.6. The van der Waals surface area contributed by atoms with Crippen LogP contribution in [0.3, 0.4) is 0 Å². The van der Waals surface area contributed by atoms with E-state index in [1.165, 1.54) is 0 Å². The van der Waals surface area contributed by atoms with Gasteiger partial charge in [0.15, 0.2) is 17.5 Å². The van der Waals surface area contributed by atoms with Gasteiger partial charge in [-0.3, -0.25) is 24.7 Å². The van der Waals surface area contributed by atoms with Crippen LogP contribution in [0.25, 0.3) is 0 Å². The van der Waals surface area contributed by atoms with Gasteiger partial charge in [0.1, 0.15) is 11.4 Å². The highest BCUT2D eigenvalue weighted by molar-refractivity contribution is 6.20. The Hall–Kier alpha value is -2.78. The first-order valence-corrected chi connectivity index (χ1v) is 8.26. The standard InChI is InChI=1S/C17H17F3N2O5/c1-3-6-27-17(24)10(7-21-9-4-5-9)16(23)11-12(18)8(2)13(19)14(20)15(11)22(25)26/h7,9-10H,3-6H2,1-2H3. The number of carbonyl (C=O) groups excluding carboxylic acids is 2. The van der Waals surface area contributed by atoms with Crippen LogP contribution >= 0.6 is 0 Å². The summed E-state index contributed by atoms with van der Waals surface area (Å²) >= 11 is 0. The summed E-state index contributed by atoms with van der Waals surface area (Å²) < 4.78 is 47.0. The summed E-state index contributed by atoms with van der Waals surface area (Å²) in [5, 5.41) is 11.1. The molecule has 1 unspecified atom stereocenters. The largest absolute Gasteiger partial charge is 0.465 e. The van der Waals surface area contributed by atoms with E-state index in [2.05, 4.69) is 4.99 Å². The van der Waals surface area contributed by atoms with Crippen LogP contribution in [0.15, 0.2) is 4.99 Å². The van der Waals surface area contributed by atoms with E-state index in [0.717, 1.165) is 26.0 Å². The molecule has 0 aromatic heterocycles. The van der Waals surface area contributed by atoms with Gasteiger partial charge >= 0.3 is 11.7 Å². The van der Waals surface area contributed by atoms with Crippen molar-refractivity contribution in [2.45, 2.75) is 39.2 Å². The summed E-state index contributed by atoms with van der Waals surface area (Å²) in [7, 11) is 0. The maximum absolute atomic E-state index is 14.5. The Morgan fingerprint density at radius 3 is 2.44 bits per heavy atom. The Bertz CT molecular complexity index is 822. The van der Waals surface area contributed by atoms with Crippen LogP contribution in [0.5, 0.6) is 0 Å². The number of nitro benzene ring substituents is 1. The molecule has 0 heterocycles. The Morgan fingerprint density at radius 2 is 1.93 bits per heavy atom. The third-order valence-electron chi connectivity index (χ3n) is 3.92. The minimum atomic E-state index is -1.97. The van der Waals surface area contributed by atoms with E-state index in [1.807, 2.05) is 0 Å². The van der Waals surface area contributed by atoms with Gasteiger partial charge < -0.3 is 4.74 Å². The van der Waals surface area contributed by atoms with Crippen LogP contribution in [-0.4, -0.2) is 35.5 Å². The van der Waals surface area contributed by atoms with E-state index in [0.29, 0.717) is 6.42 Å². The molecule has 1 atom stereocenters. The smallest absolute Gasteiger partial charge is 0.322 e. The molecule has 1 aromatic rings. The summed E-state index contributed by atoms with van der Waals surface area (Å²) in [5.41, 5.74) is -3.87. The number of hydrogen-bond donors (Lipinski definition) is 0. The van der Waals surface area contributed by atoms with E-state index in [4.69, 9.17) is 4.74 Å². The lowest BCUT2D eigenvalue weighted by Crippen LogP contribution is -2.30. The van der Waals surface area contributed by atoms with Crippen molar-refractivity contribution in [1.82, 2.24) is 0 Å². The summed E-state index contributed by atoms with van der Waals surface area (Å²) in [6, 6.07) is -0.106. The van der Waals surface area contributed by atoms with Crippen molar-refractivity contribution < 1.29 is 32.4 Å². The van der Waals surface area contributed by atoms with E-state index in [9.17, 15) is 32.9 Å². The molecular formula is C17H17F3N2O5. The van der Waals surface area contributed by atoms with E-state index < -0.39 is 56.9 Å². The van der Waals surface area contributed by atoms with Crippen molar-refractivity contribution in [3.63, 3.8) is 0 Å². The molecule has 7 nitrogen and oxygen atoms in total. The molecule has 27 heavy (non-hydrogen) atoms. The van der Waals surface area contributed by atoms with Gasteiger partial charge in [-0.15, -0.1) is 0 Å².